The standard InChI is InChI=1S/C22H19NO5.H3O4P/c1-3-24-22-16-9-19-18(26-10-27-19)8-15(16)13-4-5-14-12(20(13)23(22)2)6-7-17-21(14)28-11-25-17;1-5(2,3)4/h4-9,22H,3,10-11H2,1-2H3;(H3,1,2,3,4). The van der Waals surface area contributed by atoms with E-state index in [-0.39, 0.29) is 19.8 Å². The van der Waals surface area contributed by atoms with Gasteiger partial charge in [0.05, 0.1) is 5.69 Å². The van der Waals surface area contributed by atoms with Crippen molar-refractivity contribution in [3.8, 4) is 34.1 Å². The number of benzene rings is 3. The maximum Gasteiger partial charge on any atom is 0.466 e. The van der Waals surface area contributed by atoms with Crippen molar-refractivity contribution in [1.82, 2.24) is 0 Å². The second-order valence-electron chi connectivity index (χ2n) is 7.58. The fourth-order valence-electron chi connectivity index (χ4n) is 4.43. The molecule has 0 amide bonds. The minimum atomic E-state index is -4.64. The van der Waals surface area contributed by atoms with Crippen LogP contribution in [0, 0.1) is 0 Å². The monoisotopic (exact) mass is 475 g/mol. The third-order valence-electron chi connectivity index (χ3n) is 5.63. The van der Waals surface area contributed by atoms with Crippen LogP contribution in [0.5, 0.6) is 23.0 Å². The van der Waals surface area contributed by atoms with Crippen molar-refractivity contribution in [1.29, 1.82) is 0 Å². The third-order valence-corrected chi connectivity index (χ3v) is 5.63. The molecular weight excluding hydrogens is 453 g/mol. The molecule has 0 aliphatic carbocycles. The highest BCUT2D eigenvalue weighted by molar-refractivity contribution is 7.45. The molecular formula is C22H22NO9P. The smallest absolute Gasteiger partial charge is 0.454 e. The number of rotatable bonds is 2. The normalized spacial score (nSPS) is 17.4. The lowest BCUT2D eigenvalue weighted by Crippen LogP contribution is -2.30. The molecule has 3 aliphatic rings. The molecule has 3 aromatic carbocycles. The van der Waals surface area contributed by atoms with E-state index in [4.69, 9.17) is 42.9 Å². The van der Waals surface area contributed by atoms with E-state index in [0.29, 0.717) is 6.61 Å². The molecule has 3 N–H and O–H groups in total. The van der Waals surface area contributed by atoms with Gasteiger partial charge in [-0.05, 0) is 42.8 Å². The van der Waals surface area contributed by atoms with Gasteiger partial charge in [0.25, 0.3) is 0 Å². The Kier molecular flexibility index (Phi) is 5.35. The van der Waals surface area contributed by atoms with Gasteiger partial charge in [0.15, 0.2) is 29.2 Å². The molecule has 11 heteroatoms. The molecule has 0 aromatic heterocycles. The Hall–Kier alpha value is -3.01. The molecule has 6 rings (SSSR count). The predicted molar refractivity (Wildman–Crippen MR) is 119 cm³/mol. The summed E-state index contributed by atoms with van der Waals surface area (Å²) in [6, 6.07) is 12.4. The van der Waals surface area contributed by atoms with Gasteiger partial charge >= 0.3 is 7.82 Å². The van der Waals surface area contributed by atoms with Gasteiger partial charge in [-0.1, -0.05) is 6.07 Å². The van der Waals surface area contributed by atoms with E-state index < -0.39 is 7.82 Å². The molecule has 1 unspecified atom stereocenters. The molecule has 0 spiro atoms. The van der Waals surface area contributed by atoms with Crippen LogP contribution in [0.15, 0.2) is 36.4 Å². The van der Waals surface area contributed by atoms with E-state index in [1.54, 1.807) is 0 Å². The van der Waals surface area contributed by atoms with Crippen molar-refractivity contribution in [2.24, 2.45) is 0 Å². The van der Waals surface area contributed by atoms with Gasteiger partial charge in [-0.3, -0.25) is 0 Å². The highest BCUT2D eigenvalue weighted by Crippen LogP contribution is 2.53. The fourth-order valence-corrected chi connectivity index (χ4v) is 4.43. The van der Waals surface area contributed by atoms with E-state index >= 15 is 0 Å². The lowest BCUT2D eigenvalue weighted by atomic mass is 9.89. The van der Waals surface area contributed by atoms with Gasteiger partial charge < -0.3 is 43.3 Å². The zero-order valence-electron chi connectivity index (χ0n) is 17.8. The summed E-state index contributed by atoms with van der Waals surface area (Å²) in [6.07, 6.45) is -0.210. The third kappa shape index (κ3) is 3.86. The van der Waals surface area contributed by atoms with Gasteiger partial charge in [-0.15, -0.1) is 0 Å². The maximum absolute atomic E-state index is 8.88. The van der Waals surface area contributed by atoms with Crippen LogP contribution >= 0.6 is 7.82 Å². The summed E-state index contributed by atoms with van der Waals surface area (Å²) in [5, 5.41) is 2.15. The van der Waals surface area contributed by atoms with Crippen LogP contribution in [-0.2, 0) is 9.30 Å². The second-order valence-corrected chi connectivity index (χ2v) is 8.61. The minimum Gasteiger partial charge on any atom is -0.454 e. The Morgan fingerprint density at radius 3 is 2.30 bits per heavy atom. The highest BCUT2D eigenvalue weighted by atomic mass is 31.2. The molecule has 33 heavy (non-hydrogen) atoms. The van der Waals surface area contributed by atoms with Crippen molar-refractivity contribution in [2.75, 3.05) is 32.1 Å². The number of ether oxygens (including phenoxy) is 5. The van der Waals surface area contributed by atoms with Gasteiger partial charge in [-0.25, -0.2) is 4.57 Å². The van der Waals surface area contributed by atoms with Crippen LogP contribution in [0.3, 0.4) is 0 Å². The average Bonchev–Trinajstić information content (AvgIpc) is 3.42. The Morgan fingerprint density at radius 2 is 1.58 bits per heavy atom. The first kappa shape index (κ1) is 21.8. The Balaban J connectivity index is 0.000000416. The van der Waals surface area contributed by atoms with E-state index in [0.717, 1.165) is 56.1 Å². The molecule has 0 saturated carbocycles. The number of hydrogen-bond acceptors (Lipinski definition) is 7. The number of anilines is 1. The molecule has 0 saturated heterocycles. The molecule has 0 bridgehead atoms. The first-order valence-electron chi connectivity index (χ1n) is 10.2. The second kappa shape index (κ2) is 8.09. The quantitative estimate of drug-likeness (QED) is 0.474. The van der Waals surface area contributed by atoms with Crippen molar-refractivity contribution >= 4 is 24.3 Å². The SMILES string of the molecule is CCOC1c2cc3c(cc2-c2ccc4c5c(ccc4c2N1C)OCO5)OCO3.O=P(O)(O)O. The molecule has 3 heterocycles. The maximum atomic E-state index is 8.88. The Morgan fingerprint density at radius 1 is 0.939 bits per heavy atom. The Labute approximate surface area is 189 Å². The highest BCUT2D eigenvalue weighted by Gasteiger charge is 2.34. The van der Waals surface area contributed by atoms with E-state index in [2.05, 4.69) is 36.2 Å². The zero-order chi connectivity index (χ0) is 23.3. The minimum absolute atomic E-state index is 0.210. The summed E-state index contributed by atoms with van der Waals surface area (Å²) in [5.74, 6) is 3.13. The van der Waals surface area contributed by atoms with Gasteiger partial charge in [-0.2, -0.15) is 0 Å². The fraction of sp³-hybridized carbons (Fsp3) is 0.273. The van der Waals surface area contributed by atoms with Crippen LogP contribution in [0.25, 0.3) is 21.9 Å². The number of nitrogens with zero attached hydrogens (tertiary/aromatic N) is 1. The van der Waals surface area contributed by atoms with Crippen molar-refractivity contribution < 1.29 is 42.9 Å². The number of phosphoric acid groups is 1. The van der Waals surface area contributed by atoms with E-state index in [9.17, 15) is 0 Å². The summed E-state index contributed by atoms with van der Waals surface area (Å²) in [6.45, 7) is 3.13. The number of fused-ring (bicyclic) bond motifs is 8. The lowest BCUT2D eigenvalue weighted by Gasteiger charge is -2.38. The lowest BCUT2D eigenvalue weighted by molar-refractivity contribution is 0.0628. The summed E-state index contributed by atoms with van der Waals surface area (Å²) in [7, 11) is -2.57. The average molecular weight is 475 g/mol. The van der Waals surface area contributed by atoms with Crippen molar-refractivity contribution in [3.05, 3.63) is 42.0 Å². The van der Waals surface area contributed by atoms with Crippen molar-refractivity contribution in [2.45, 2.75) is 13.2 Å². The van der Waals surface area contributed by atoms with E-state index in [1.807, 2.05) is 19.1 Å². The molecule has 3 aliphatic heterocycles. The van der Waals surface area contributed by atoms with Crippen LogP contribution in [0.4, 0.5) is 5.69 Å². The van der Waals surface area contributed by atoms with Gasteiger partial charge in [0, 0.05) is 35.6 Å². The van der Waals surface area contributed by atoms with Gasteiger partial charge in [0.2, 0.25) is 13.6 Å². The Bertz CT molecular complexity index is 1280. The topological polar surface area (TPSA) is 127 Å². The first-order valence-corrected chi connectivity index (χ1v) is 11.7. The molecule has 3 aromatic rings. The zero-order valence-corrected chi connectivity index (χ0v) is 18.7. The largest absolute Gasteiger partial charge is 0.466 e. The van der Waals surface area contributed by atoms with Crippen molar-refractivity contribution in [3.63, 3.8) is 0 Å². The van der Waals surface area contributed by atoms with E-state index in [1.165, 1.54) is 0 Å². The number of hydrogen-bond donors (Lipinski definition) is 3. The molecule has 0 fully saturated rings. The molecule has 1 atom stereocenters. The van der Waals surface area contributed by atoms with Crippen LogP contribution in [0.1, 0.15) is 18.7 Å². The molecule has 174 valence electrons. The first-order chi connectivity index (χ1) is 15.8. The molecule has 0 radical (unpaired) electrons. The van der Waals surface area contributed by atoms with Crippen LogP contribution < -0.4 is 23.8 Å². The molecule has 10 nitrogen and oxygen atoms in total. The predicted octanol–water partition coefficient (Wildman–Crippen LogP) is 3.52. The summed E-state index contributed by atoms with van der Waals surface area (Å²) in [4.78, 5) is 23.8. The summed E-state index contributed by atoms with van der Waals surface area (Å²) < 4.78 is 37.6. The van der Waals surface area contributed by atoms with Crippen LogP contribution in [0.2, 0.25) is 0 Å². The van der Waals surface area contributed by atoms with Crippen LogP contribution in [-0.4, -0.2) is 41.9 Å². The van der Waals surface area contributed by atoms with Gasteiger partial charge in [0.1, 0.15) is 0 Å². The summed E-state index contributed by atoms with van der Waals surface area (Å²) >= 11 is 0. The summed E-state index contributed by atoms with van der Waals surface area (Å²) in [5.41, 5.74) is 4.44.